The highest BCUT2D eigenvalue weighted by atomic mass is 35.5. The molecular weight excluding hydrogens is 322 g/mol. The molecule has 0 bridgehead atoms. The van der Waals surface area contributed by atoms with Gasteiger partial charge in [0.15, 0.2) is 0 Å². The zero-order valence-corrected chi connectivity index (χ0v) is 15.4. The second-order valence-corrected chi connectivity index (χ2v) is 6.01. The first kappa shape index (κ1) is 18.1. The van der Waals surface area contributed by atoms with E-state index in [1.165, 1.54) is 0 Å². The third-order valence-corrected chi connectivity index (χ3v) is 4.21. The zero-order valence-electron chi connectivity index (χ0n) is 14.6. The normalized spacial score (nSPS) is 10.9. The Morgan fingerprint density at radius 3 is 2.71 bits per heavy atom. The predicted octanol–water partition coefficient (Wildman–Crippen LogP) is 4.88. The Bertz CT molecular complexity index is 716. The maximum Gasteiger partial charge on any atom is 0.144 e. The maximum atomic E-state index is 6.21. The molecule has 0 saturated carbocycles. The number of nitrogens with one attached hydrogen (secondary N) is 1. The zero-order chi connectivity index (χ0) is 17.5. The molecule has 24 heavy (non-hydrogen) atoms. The van der Waals surface area contributed by atoms with Crippen molar-refractivity contribution in [2.75, 3.05) is 26.0 Å². The molecule has 0 aromatic heterocycles. The minimum atomic E-state index is 0.636. The predicted molar refractivity (Wildman–Crippen MR) is 103 cm³/mol. The van der Waals surface area contributed by atoms with Crippen LogP contribution in [0.2, 0.25) is 5.02 Å². The standard InChI is InChI=1S/C19H24ClN3O/c1-5-23(3)13-22-17-11-19(24-4)18(10-14(17)2)21-12-15-8-6-7-9-16(15)20/h6-11,13,21H,5,12H2,1-4H3/b22-13-. The molecule has 0 aliphatic heterocycles. The summed E-state index contributed by atoms with van der Waals surface area (Å²) < 4.78 is 5.51. The summed E-state index contributed by atoms with van der Waals surface area (Å²) in [4.78, 5) is 6.55. The molecule has 0 saturated heterocycles. The van der Waals surface area contributed by atoms with Gasteiger partial charge >= 0.3 is 0 Å². The van der Waals surface area contributed by atoms with Crippen LogP contribution in [0.4, 0.5) is 11.4 Å². The molecule has 1 N–H and O–H groups in total. The minimum absolute atomic E-state index is 0.636. The van der Waals surface area contributed by atoms with E-state index in [1.807, 2.05) is 61.6 Å². The molecule has 0 fully saturated rings. The topological polar surface area (TPSA) is 36.9 Å². The molecule has 0 atom stereocenters. The van der Waals surface area contributed by atoms with Gasteiger partial charge in [-0.15, -0.1) is 0 Å². The Kier molecular flexibility index (Phi) is 6.50. The first-order valence-electron chi connectivity index (χ1n) is 7.95. The number of hydrogen-bond donors (Lipinski definition) is 1. The van der Waals surface area contributed by atoms with Crippen LogP contribution in [-0.2, 0) is 6.54 Å². The number of nitrogens with zero attached hydrogens (tertiary/aromatic N) is 2. The first-order chi connectivity index (χ1) is 11.5. The monoisotopic (exact) mass is 345 g/mol. The Morgan fingerprint density at radius 1 is 1.29 bits per heavy atom. The number of benzene rings is 2. The van der Waals surface area contributed by atoms with E-state index in [1.54, 1.807) is 7.11 Å². The van der Waals surface area contributed by atoms with Gasteiger partial charge in [0.1, 0.15) is 5.75 Å². The van der Waals surface area contributed by atoms with Crippen molar-refractivity contribution in [2.24, 2.45) is 4.99 Å². The molecule has 2 aromatic rings. The van der Waals surface area contributed by atoms with Crippen LogP contribution in [0.5, 0.6) is 5.75 Å². The van der Waals surface area contributed by atoms with Gasteiger partial charge in [-0.25, -0.2) is 4.99 Å². The van der Waals surface area contributed by atoms with Crippen LogP contribution in [0.15, 0.2) is 41.4 Å². The number of ether oxygens (including phenoxy) is 1. The van der Waals surface area contributed by atoms with E-state index >= 15 is 0 Å². The van der Waals surface area contributed by atoms with Gasteiger partial charge in [-0.3, -0.25) is 0 Å². The van der Waals surface area contributed by atoms with E-state index in [2.05, 4.69) is 17.2 Å². The lowest BCUT2D eigenvalue weighted by Gasteiger charge is -2.15. The molecular formula is C19H24ClN3O. The number of rotatable bonds is 7. The molecule has 4 nitrogen and oxygen atoms in total. The third kappa shape index (κ3) is 4.65. The van der Waals surface area contributed by atoms with Crippen molar-refractivity contribution in [3.05, 3.63) is 52.5 Å². The fraction of sp³-hybridized carbons (Fsp3) is 0.316. The van der Waals surface area contributed by atoms with E-state index in [0.717, 1.165) is 39.8 Å². The van der Waals surface area contributed by atoms with E-state index in [0.29, 0.717) is 6.54 Å². The molecule has 0 aliphatic rings. The fourth-order valence-electron chi connectivity index (χ4n) is 2.20. The van der Waals surface area contributed by atoms with Crippen molar-refractivity contribution < 1.29 is 4.74 Å². The van der Waals surface area contributed by atoms with Crippen LogP contribution in [0.25, 0.3) is 0 Å². The average molecular weight is 346 g/mol. The molecule has 0 aliphatic carbocycles. The SMILES string of the molecule is CCN(C)/C=N\c1cc(OC)c(NCc2ccccc2Cl)cc1C. The Morgan fingerprint density at radius 2 is 2.04 bits per heavy atom. The molecule has 0 unspecified atom stereocenters. The molecule has 0 heterocycles. The van der Waals surface area contributed by atoms with E-state index in [4.69, 9.17) is 16.3 Å². The van der Waals surface area contributed by atoms with Gasteiger partial charge in [0.05, 0.1) is 24.8 Å². The van der Waals surface area contributed by atoms with E-state index in [9.17, 15) is 0 Å². The summed E-state index contributed by atoms with van der Waals surface area (Å²) in [7, 11) is 3.66. The van der Waals surface area contributed by atoms with Crippen molar-refractivity contribution >= 4 is 29.3 Å². The van der Waals surface area contributed by atoms with Gasteiger partial charge in [-0.2, -0.15) is 0 Å². The molecule has 0 radical (unpaired) electrons. The largest absolute Gasteiger partial charge is 0.495 e. The molecule has 0 spiro atoms. The van der Waals surface area contributed by atoms with Crippen LogP contribution in [0, 0.1) is 6.92 Å². The van der Waals surface area contributed by atoms with Crippen molar-refractivity contribution in [3.8, 4) is 5.75 Å². The number of methoxy groups -OCH3 is 1. The summed E-state index contributed by atoms with van der Waals surface area (Å²) in [5.41, 5.74) is 3.96. The van der Waals surface area contributed by atoms with Gasteiger partial charge in [0.2, 0.25) is 0 Å². The van der Waals surface area contributed by atoms with Crippen LogP contribution < -0.4 is 10.1 Å². The molecule has 2 rings (SSSR count). The fourth-order valence-corrected chi connectivity index (χ4v) is 2.40. The molecule has 128 valence electrons. The highest BCUT2D eigenvalue weighted by Gasteiger charge is 2.08. The van der Waals surface area contributed by atoms with Gasteiger partial charge in [-0.05, 0) is 37.1 Å². The lowest BCUT2D eigenvalue weighted by Crippen LogP contribution is -2.14. The summed E-state index contributed by atoms with van der Waals surface area (Å²) in [6.07, 6.45) is 1.83. The summed E-state index contributed by atoms with van der Waals surface area (Å²) in [5, 5.41) is 4.15. The smallest absolute Gasteiger partial charge is 0.144 e. The average Bonchev–Trinajstić information content (AvgIpc) is 2.59. The lowest BCUT2D eigenvalue weighted by molar-refractivity contribution is 0.416. The second kappa shape index (κ2) is 8.60. The molecule has 0 amide bonds. The van der Waals surface area contributed by atoms with Crippen molar-refractivity contribution in [1.29, 1.82) is 0 Å². The minimum Gasteiger partial charge on any atom is -0.495 e. The highest BCUT2D eigenvalue weighted by Crippen LogP contribution is 2.33. The van der Waals surface area contributed by atoms with Crippen molar-refractivity contribution in [3.63, 3.8) is 0 Å². The van der Waals surface area contributed by atoms with E-state index in [-0.39, 0.29) is 0 Å². The summed E-state index contributed by atoms with van der Waals surface area (Å²) in [6, 6.07) is 11.8. The van der Waals surface area contributed by atoms with Crippen LogP contribution in [-0.4, -0.2) is 31.9 Å². The number of aryl methyl sites for hydroxylation is 1. The van der Waals surface area contributed by atoms with Gasteiger partial charge in [0.25, 0.3) is 0 Å². The number of halogens is 1. The van der Waals surface area contributed by atoms with Gasteiger partial charge in [-0.1, -0.05) is 29.8 Å². The van der Waals surface area contributed by atoms with Crippen LogP contribution in [0.3, 0.4) is 0 Å². The Labute approximate surface area is 149 Å². The summed E-state index contributed by atoms with van der Waals surface area (Å²) in [6.45, 7) is 5.67. The number of aliphatic imine (C=N–C) groups is 1. The van der Waals surface area contributed by atoms with Gasteiger partial charge in [0, 0.05) is 31.2 Å². The van der Waals surface area contributed by atoms with E-state index < -0.39 is 0 Å². The van der Waals surface area contributed by atoms with Crippen molar-refractivity contribution in [1.82, 2.24) is 4.90 Å². The number of hydrogen-bond acceptors (Lipinski definition) is 3. The lowest BCUT2D eigenvalue weighted by atomic mass is 10.1. The number of anilines is 1. The second-order valence-electron chi connectivity index (χ2n) is 5.60. The maximum absolute atomic E-state index is 6.21. The summed E-state index contributed by atoms with van der Waals surface area (Å²) >= 11 is 6.21. The van der Waals surface area contributed by atoms with Crippen LogP contribution in [0.1, 0.15) is 18.1 Å². The summed E-state index contributed by atoms with van der Waals surface area (Å²) in [5.74, 6) is 0.763. The van der Waals surface area contributed by atoms with Gasteiger partial charge < -0.3 is 15.0 Å². The third-order valence-electron chi connectivity index (χ3n) is 3.84. The first-order valence-corrected chi connectivity index (χ1v) is 8.33. The Balaban J connectivity index is 2.20. The van der Waals surface area contributed by atoms with Crippen LogP contribution >= 0.6 is 11.6 Å². The molecule has 5 heteroatoms. The van der Waals surface area contributed by atoms with Crippen molar-refractivity contribution in [2.45, 2.75) is 20.4 Å². The highest BCUT2D eigenvalue weighted by molar-refractivity contribution is 6.31. The molecule has 2 aromatic carbocycles. The Hall–Kier alpha value is -2.20. The quantitative estimate of drug-likeness (QED) is 0.574.